The predicted octanol–water partition coefficient (Wildman–Crippen LogP) is 3.44. The average molecular weight is 283 g/mol. The summed E-state index contributed by atoms with van der Waals surface area (Å²) in [6.07, 6.45) is 5.12. The number of nitrogens with one attached hydrogen (secondary N) is 1. The van der Waals surface area contributed by atoms with Crippen molar-refractivity contribution in [3.05, 3.63) is 35.4 Å². The molecule has 2 atom stereocenters. The maximum atomic E-state index is 13.7. The summed E-state index contributed by atoms with van der Waals surface area (Å²) in [6, 6.07) is 3.98. The van der Waals surface area contributed by atoms with Gasteiger partial charge in [0.2, 0.25) is 0 Å². The summed E-state index contributed by atoms with van der Waals surface area (Å²) in [4.78, 5) is 0. The van der Waals surface area contributed by atoms with E-state index in [9.17, 15) is 8.78 Å². The fourth-order valence-corrected chi connectivity index (χ4v) is 2.79. The number of halogens is 2. The molecule has 1 fully saturated rings. The van der Waals surface area contributed by atoms with Gasteiger partial charge in [0.05, 0.1) is 6.10 Å². The quantitative estimate of drug-likeness (QED) is 0.863. The number of benzene rings is 1. The second kappa shape index (κ2) is 7.70. The third kappa shape index (κ3) is 4.53. The first-order chi connectivity index (χ1) is 9.69. The molecule has 2 unspecified atom stereocenters. The molecule has 2 rings (SSSR count). The van der Waals surface area contributed by atoms with E-state index in [1.807, 2.05) is 6.92 Å². The molecule has 1 saturated heterocycles. The van der Waals surface area contributed by atoms with Crippen LogP contribution >= 0.6 is 0 Å². The monoisotopic (exact) mass is 283 g/mol. The topological polar surface area (TPSA) is 21.3 Å². The Bertz CT molecular complexity index is 419. The van der Waals surface area contributed by atoms with Gasteiger partial charge in [-0.3, -0.25) is 0 Å². The normalized spacial score (nSPS) is 20.9. The first-order valence-corrected chi connectivity index (χ1v) is 7.48. The Morgan fingerprint density at radius 3 is 2.85 bits per heavy atom. The third-order valence-electron chi connectivity index (χ3n) is 3.80. The Morgan fingerprint density at radius 1 is 1.35 bits per heavy atom. The molecule has 0 amide bonds. The molecule has 4 heteroatoms. The van der Waals surface area contributed by atoms with E-state index in [0.29, 0.717) is 12.0 Å². The highest BCUT2D eigenvalue weighted by Gasteiger charge is 2.20. The average Bonchev–Trinajstić information content (AvgIpc) is 2.43. The molecular weight excluding hydrogens is 260 g/mol. The van der Waals surface area contributed by atoms with Crippen molar-refractivity contribution in [2.45, 2.75) is 51.2 Å². The van der Waals surface area contributed by atoms with Crippen LogP contribution in [-0.4, -0.2) is 25.3 Å². The summed E-state index contributed by atoms with van der Waals surface area (Å²) < 4.78 is 32.4. The number of rotatable bonds is 6. The summed E-state index contributed by atoms with van der Waals surface area (Å²) in [5, 5.41) is 3.38. The SMILES string of the molecule is CCNC(Cc1ccc(F)cc1F)CC1CCCCO1. The molecule has 0 aliphatic carbocycles. The molecule has 0 aromatic heterocycles. The van der Waals surface area contributed by atoms with Gasteiger partial charge in [-0.05, 0) is 50.3 Å². The highest BCUT2D eigenvalue weighted by molar-refractivity contribution is 5.19. The van der Waals surface area contributed by atoms with Gasteiger partial charge in [-0.25, -0.2) is 8.78 Å². The van der Waals surface area contributed by atoms with E-state index in [2.05, 4.69) is 5.32 Å². The molecule has 1 aromatic rings. The second-order valence-corrected chi connectivity index (χ2v) is 5.42. The summed E-state index contributed by atoms with van der Waals surface area (Å²) in [6.45, 7) is 3.70. The van der Waals surface area contributed by atoms with Gasteiger partial charge in [0.25, 0.3) is 0 Å². The lowest BCUT2D eigenvalue weighted by atomic mass is 9.96. The van der Waals surface area contributed by atoms with Crippen LogP contribution in [0.5, 0.6) is 0 Å². The van der Waals surface area contributed by atoms with Crippen molar-refractivity contribution >= 4 is 0 Å². The Labute approximate surface area is 119 Å². The van der Waals surface area contributed by atoms with E-state index in [4.69, 9.17) is 4.74 Å². The van der Waals surface area contributed by atoms with Crippen LogP contribution in [0.4, 0.5) is 8.78 Å². The lowest BCUT2D eigenvalue weighted by Crippen LogP contribution is -2.36. The van der Waals surface area contributed by atoms with Gasteiger partial charge in [-0.15, -0.1) is 0 Å². The summed E-state index contributed by atoms with van der Waals surface area (Å²) in [5.41, 5.74) is 0.563. The van der Waals surface area contributed by atoms with Crippen molar-refractivity contribution in [3.8, 4) is 0 Å². The number of hydrogen-bond donors (Lipinski definition) is 1. The molecule has 112 valence electrons. The predicted molar refractivity (Wildman–Crippen MR) is 75.7 cm³/mol. The fraction of sp³-hybridized carbons (Fsp3) is 0.625. The van der Waals surface area contributed by atoms with E-state index in [1.54, 1.807) is 0 Å². The Balaban J connectivity index is 1.96. The molecule has 0 spiro atoms. The summed E-state index contributed by atoms with van der Waals surface area (Å²) >= 11 is 0. The lowest BCUT2D eigenvalue weighted by molar-refractivity contribution is 0.00530. The van der Waals surface area contributed by atoms with Gasteiger partial charge in [0.1, 0.15) is 11.6 Å². The van der Waals surface area contributed by atoms with E-state index >= 15 is 0 Å². The molecule has 1 N–H and O–H groups in total. The minimum absolute atomic E-state index is 0.170. The largest absolute Gasteiger partial charge is 0.378 e. The Morgan fingerprint density at radius 2 is 2.20 bits per heavy atom. The summed E-state index contributed by atoms with van der Waals surface area (Å²) in [5.74, 6) is -0.987. The van der Waals surface area contributed by atoms with Crippen LogP contribution in [0.3, 0.4) is 0 Å². The van der Waals surface area contributed by atoms with E-state index in [1.165, 1.54) is 18.6 Å². The minimum Gasteiger partial charge on any atom is -0.378 e. The van der Waals surface area contributed by atoms with Crippen LogP contribution in [0.2, 0.25) is 0 Å². The molecule has 0 bridgehead atoms. The Kier molecular flexibility index (Phi) is 5.92. The molecule has 0 radical (unpaired) electrons. The number of likely N-dealkylation sites (N-methyl/N-ethyl adjacent to an activating group) is 1. The van der Waals surface area contributed by atoms with E-state index in [-0.39, 0.29) is 12.1 Å². The highest BCUT2D eigenvalue weighted by atomic mass is 19.1. The maximum Gasteiger partial charge on any atom is 0.129 e. The van der Waals surface area contributed by atoms with Gasteiger partial charge in [-0.1, -0.05) is 13.0 Å². The molecule has 2 nitrogen and oxygen atoms in total. The van der Waals surface area contributed by atoms with Crippen molar-refractivity contribution in [2.24, 2.45) is 0 Å². The van der Waals surface area contributed by atoms with Crippen LogP contribution in [0.25, 0.3) is 0 Å². The zero-order valence-corrected chi connectivity index (χ0v) is 12.0. The first-order valence-electron chi connectivity index (χ1n) is 7.48. The van der Waals surface area contributed by atoms with Crippen molar-refractivity contribution in [1.82, 2.24) is 5.32 Å². The molecule has 1 aliphatic rings. The molecule has 1 aromatic carbocycles. The summed E-state index contributed by atoms with van der Waals surface area (Å²) in [7, 11) is 0. The zero-order valence-electron chi connectivity index (χ0n) is 12.0. The smallest absolute Gasteiger partial charge is 0.129 e. The molecular formula is C16H23F2NO. The molecule has 0 saturated carbocycles. The lowest BCUT2D eigenvalue weighted by Gasteiger charge is -2.27. The second-order valence-electron chi connectivity index (χ2n) is 5.42. The van der Waals surface area contributed by atoms with Crippen LogP contribution < -0.4 is 5.32 Å². The third-order valence-corrected chi connectivity index (χ3v) is 3.80. The maximum absolute atomic E-state index is 13.7. The molecule has 20 heavy (non-hydrogen) atoms. The van der Waals surface area contributed by atoms with Crippen molar-refractivity contribution in [1.29, 1.82) is 0 Å². The van der Waals surface area contributed by atoms with Gasteiger partial charge in [-0.2, -0.15) is 0 Å². The number of hydrogen-bond acceptors (Lipinski definition) is 2. The molecule has 1 aliphatic heterocycles. The van der Waals surface area contributed by atoms with Crippen LogP contribution in [-0.2, 0) is 11.2 Å². The minimum atomic E-state index is -0.526. The highest BCUT2D eigenvalue weighted by Crippen LogP contribution is 2.20. The van der Waals surface area contributed by atoms with Crippen LogP contribution in [0.1, 0.15) is 38.2 Å². The van der Waals surface area contributed by atoms with Crippen LogP contribution in [0, 0.1) is 11.6 Å². The van der Waals surface area contributed by atoms with Gasteiger partial charge >= 0.3 is 0 Å². The first kappa shape index (κ1) is 15.4. The van der Waals surface area contributed by atoms with Crippen molar-refractivity contribution in [2.75, 3.05) is 13.2 Å². The molecule has 1 heterocycles. The van der Waals surface area contributed by atoms with E-state index < -0.39 is 11.6 Å². The standard InChI is InChI=1S/C16H23F2NO/c1-2-19-14(11-15-5-3-4-8-20-15)9-12-6-7-13(17)10-16(12)18/h6-7,10,14-15,19H,2-5,8-9,11H2,1H3. The van der Waals surface area contributed by atoms with Crippen LogP contribution in [0.15, 0.2) is 18.2 Å². The van der Waals surface area contributed by atoms with Gasteiger partial charge in [0.15, 0.2) is 0 Å². The zero-order chi connectivity index (χ0) is 14.4. The Hall–Kier alpha value is -1.00. The fourth-order valence-electron chi connectivity index (χ4n) is 2.79. The van der Waals surface area contributed by atoms with Crippen molar-refractivity contribution in [3.63, 3.8) is 0 Å². The van der Waals surface area contributed by atoms with Gasteiger partial charge < -0.3 is 10.1 Å². The van der Waals surface area contributed by atoms with E-state index in [0.717, 1.165) is 38.5 Å². The van der Waals surface area contributed by atoms with Gasteiger partial charge in [0, 0.05) is 18.7 Å². The number of ether oxygens (including phenoxy) is 1. The van der Waals surface area contributed by atoms with Crippen molar-refractivity contribution < 1.29 is 13.5 Å².